The Morgan fingerprint density at radius 1 is 1.26 bits per heavy atom. The second-order valence-electron chi connectivity index (χ2n) is 8.85. The minimum absolute atomic E-state index is 0.0801. The first-order chi connectivity index (χ1) is 16.4. The Hall–Kier alpha value is -3.72. The van der Waals surface area contributed by atoms with E-state index in [1.54, 1.807) is 12.4 Å². The molecular weight excluding hydrogens is 432 g/mol. The predicted molar refractivity (Wildman–Crippen MR) is 131 cm³/mol. The van der Waals surface area contributed by atoms with Crippen molar-refractivity contribution in [3.8, 4) is 0 Å². The van der Waals surface area contributed by atoms with E-state index >= 15 is 0 Å². The van der Waals surface area contributed by atoms with E-state index in [9.17, 15) is 9.59 Å². The zero-order valence-corrected chi connectivity index (χ0v) is 19.6. The summed E-state index contributed by atoms with van der Waals surface area (Å²) in [4.78, 5) is 41.1. The third-order valence-electron chi connectivity index (χ3n) is 5.92. The maximum atomic E-state index is 12.8. The third kappa shape index (κ3) is 5.09. The Labute approximate surface area is 198 Å². The summed E-state index contributed by atoms with van der Waals surface area (Å²) in [5, 5.41) is 2.88. The van der Waals surface area contributed by atoms with Crippen molar-refractivity contribution in [1.82, 2.24) is 25.2 Å². The highest BCUT2D eigenvalue weighted by atomic mass is 16.5. The molecule has 9 heteroatoms. The number of H-pyrrole nitrogens is 1. The highest BCUT2D eigenvalue weighted by Gasteiger charge is 2.36. The van der Waals surface area contributed by atoms with Crippen LogP contribution in [0.15, 0.2) is 55.4 Å². The molecule has 0 bridgehead atoms. The number of anilines is 1. The summed E-state index contributed by atoms with van der Waals surface area (Å²) in [5.41, 5.74) is 2.20. The monoisotopic (exact) mass is 462 g/mol. The standard InChI is InChI=1S/C25H30N6O3/c1-4-21(32)31-12-11-30(17-25(31,2)3)20-15-28-23-22(29-20)19(14-27-23)24(33)26-10-13-34-16-18-8-6-5-7-9-18/h4-9,14-15H,1,10-13,16-17H2,2-3H3,(H,26,33)(H,27,28). The molecule has 1 fully saturated rings. The minimum atomic E-state index is -0.391. The van der Waals surface area contributed by atoms with Gasteiger partial charge in [-0.1, -0.05) is 36.9 Å². The molecule has 2 N–H and O–H groups in total. The van der Waals surface area contributed by atoms with Crippen molar-refractivity contribution in [1.29, 1.82) is 0 Å². The van der Waals surface area contributed by atoms with Gasteiger partial charge in [-0.15, -0.1) is 0 Å². The van der Waals surface area contributed by atoms with Gasteiger partial charge in [0.2, 0.25) is 5.91 Å². The molecule has 0 atom stereocenters. The molecule has 34 heavy (non-hydrogen) atoms. The molecule has 0 radical (unpaired) electrons. The van der Waals surface area contributed by atoms with Crippen molar-refractivity contribution in [3.05, 3.63) is 66.5 Å². The topological polar surface area (TPSA) is 103 Å². The summed E-state index contributed by atoms with van der Waals surface area (Å²) in [6.07, 6.45) is 4.67. The average molecular weight is 463 g/mol. The Morgan fingerprint density at radius 3 is 2.79 bits per heavy atom. The minimum Gasteiger partial charge on any atom is -0.375 e. The Balaban J connectivity index is 1.39. The fourth-order valence-corrected chi connectivity index (χ4v) is 4.17. The van der Waals surface area contributed by atoms with E-state index in [1.807, 2.05) is 49.1 Å². The molecule has 1 saturated heterocycles. The third-order valence-corrected chi connectivity index (χ3v) is 5.92. The van der Waals surface area contributed by atoms with E-state index in [4.69, 9.17) is 9.72 Å². The highest BCUT2D eigenvalue weighted by molar-refractivity contribution is 6.04. The fraction of sp³-hybridized carbons (Fsp3) is 0.360. The largest absolute Gasteiger partial charge is 0.375 e. The van der Waals surface area contributed by atoms with E-state index in [2.05, 4.69) is 26.8 Å². The van der Waals surface area contributed by atoms with Crippen molar-refractivity contribution < 1.29 is 14.3 Å². The lowest BCUT2D eigenvalue weighted by atomic mass is 9.98. The molecule has 3 aromatic rings. The number of benzene rings is 1. The molecule has 0 spiro atoms. The Bertz CT molecular complexity index is 1170. The maximum Gasteiger partial charge on any atom is 0.255 e. The quantitative estimate of drug-likeness (QED) is 0.394. The van der Waals surface area contributed by atoms with E-state index < -0.39 is 5.54 Å². The Morgan fingerprint density at radius 2 is 2.06 bits per heavy atom. The molecule has 2 amide bonds. The summed E-state index contributed by atoms with van der Waals surface area (Å²) < 4.78 is 5.64. The molecule has 9 nitrogen and oxygen atoms in total. The van der Waals surface area contributed by atoms with Crippen LogP contribution >= 0.6 is 0 Å². The number of nitrogens with one attached hydrogen (secondary N) is 2. The molecule has 1 aliphatic heterocycles. The van der Waals surface area contributed by atoms with Gasteiger partial charge in [0.15, 0.2) is 5.65 Å². The smallest absolute Gasteiger partial charge is 0.255 e. The summed E-state index contributed by atoms with van der Waals surface area (Å²) in [7, 11) is 0. The number of carbonyl (C=O) groups excluding carboxylic acids is 2. The lowest BCUT2D eigenvalue weighted by Crippen LogP contribution is -2.61. The van der Waals surface area contributed by atoms with Crippen molar-refractivity contribution >= 4 is 28.8 Å². The van der Waals surface area contributed by atoms with Crippen molar-refractivity contribution in [3.63, 3.8) is 0 Å². The molecule has 2 aromatic heterocycles. The van der Waals surface area contributed by atoms with Gasteiger partial charge in [-0.25, -0.2) is 9.97 Å². The van der Waals surface area contributed by atoms with Crippen molar-refractivity contribution in [2.45, 2.75) is 26.0 Å². The van der Waals surface area contributed by atoms with Crippen LogP contribution in [0, 0.1) is 0 Å². The molecule has 4 rings (SSSR count). The van der Waals surface area contributed by atoms with Gasteiger partial charge < -0.3 is 24.8 Å². The molecule has 0 unspecified atom stereocenters. The van der Waals surface area contributed by atoms with Crippen LogP contribution in [-0.4, -0.2) is 70.0 Å². The predicted octanol–water partition coefficient (Wildman–Crippen LogP) is 2.52. The molecule has 178 valence electrons. The SMILES string of the molecule is C=CC(=O)N1CCN(c2cnc3[nH]cc(C(=O)NCCOCc4ccccc4)c3n2)CC1(C)C. The van der Waals surface area contributed by atoms with Crippen LogP contribution in [0.1, 0.15) is 29.8 Å². The van der Waals surface area contributed by atoms with Gasteiger partial charge in [-0.2, -0.15) is 0 Å². The van der Waals surface area contributed by atoms with Gasteiger partial charge in [-0.05, 0) is 25.5 Å². The van der Waals surface area contributed by atoms with Gasteiger partial charge in [0.05, 0.1) is 30.5 Å². The molecular formula is C25H30N6O3. The van der Waals surface area contributed by atoms with Crippen LogP contribution < -0.4 is 10.2 Å². The second kappa shape index (κ2) is 10.0. The van der Waals surface area contributed by atoms with Crippen LogP contribution in [0.5, 0.6) is 0 Å². The normalized spacial score (nSPS) is 15.4. The number of nitrogens with zero attached hydrogens (tertiary/aromatic N) is 4. The van der Waals surface area contributed by atoms with Crippen molar-refractivity contribution in [2.24, 2.45) is 0 Å². The van der Waals surface area contributed by atoms with E-state index in [0.29, 0.717) is 61.9 Å². The first-order valence-electron chi connectivity index (χ1n) is 11.3. The lowest BCUT2D eigenvalue weighted by Gasteiger charge is -2.47. The number of hydrogen-bond acceptors (Lipinski definition) is 6. The number of piperazine rings is 1. The molecule has 1 aliphatic rings. The first-order valence-corrected chi connectivity index (χ1v) is 11.3. The van der Waals surface area contributed by atoms with Gasteiger partial charge >= 0.3 is 0 Å². The average Bonchev–Trinajstić information content (AvgIpc) is 3.26. The van der Waals surface area contributed by atoms with Gasteiger partial charge in [0.1, 0.15) is 11.3 Å². The summed E-state index contributed by atoms with van der Waals surface area (Å²) in [6.45, 7) is 10.7. The number of carbonyl (C=O) groups is 2. The van der Waals surface area contributed by atoms with E-state index in [1.165, 1.54) is 6.08 Å². The second-order valence-corrected chi connectivity index (χ2v) is 8.85. The number of amides is 2. The zero-order chi connectivity index (χ0) is 24.1. The van der Waals surface area contributed by atoms with E-state index in [0.717, 1.165) is 5.56 Å². The summed E-state index contributed by atoms with van der Waals surface area (Å²) >= 11 is 0. The summed E-state index contributed by atoms with van der Waals surface area (Å²) in [6, 6.07) is 9.89. The van der Waals surface area contributed by atoms with Crippen LogP contribution in [0.3, 0.4) is 0 Å². The van der Waals surface area contributed by atoms with Gasteiger partial charge in [-0.3, -0.25) is 9.59 Å². The van der Waals surface area contributed by atoms with Crippen LogP contribution in [0.2, 0.25) is 0 Å². The van der Waals surface area contributed by atoms with E-state index in [-0.39, 0.29) is 11.8 Å². The van der Waals surface area contributed by atoms with Gasteiger partial charge in [0, 0.05) is 32.4 Å². The maximum absolute atomic E-state index is 12.8. The van der Waals surface area contributed by atoms with Gasteiger partial charge in [0.25, 0.3) is 5.91 Å². The lowest BCUT2D eigenvalue weighted by molar-refractivity contribution is -0.131. The number of aromatic amines is 1. The number of hydrogen-bond donors (Lipinski definition) is 2. The molecule has 1 aromatic carbocycles. The molecule has 3 heterocycles. The fourth-order valence-electron chi connectivity index (χ4n) is 4.17. The zero-order valence-electron chi connectivity index (χ0n) is 19.6. The molecule has 0 aliphatic carbocycles. The molecule has 0 saturated carbocycles. The summed E-state index contributed by atoms with van der Waals surface area (Å²) in [5.74, 6) is 0.359. The number of rotatable bonds is 8. The highest BCUT2D eigenvalue weighted by Crippen LogP contribution is 2.26. The van der Waals surface area contributed by atoms with Crippen LogP contribution in [0.4, 0.5) is 5.82 Å². The number of ether oxygens (including phenoxy) is 1. The van der Waals surface area contributed by atoms with Crippen molar-refractivity contribution in [2.75, 3.05) is 37.7 Å². The van der Waals surface area contributed by atoms with Crippen LogP contribution in [0.25, 0.3) is 11.2 Å². The Kier molecular flexibility index (Phi) is 6.93. The number of fused-ring (bicyclic) bond motifs is 1. The first kappa shape index (κ1) is 23.4. The number of aromatic nitrogens is 3. The van der Waals surface area contributed by atoms with Crippen LogP contribution in [-0.2, 0) is 16.1 Å².